The van der Waals surface area contributed by atoms with Crippen molar-refractivity contribution in [1.29, 1.82) is 0 Å². The van der Waals surface area contributed by atoms with Crippen LogP contribution in [0.1, 0.15) is 26.3 Å². The molecular weight excluding hydrogens is 290 g/mol. The molecule has 4 rings (SSSR count). The van der Waals surface area contributed by atoms with Crippen LogP contribution in [0.4, 0.5) is 0 Å². The van der Waals surface area contributed by atoms with Gasteiger partial charge in [-0.3, -0.25) is 0 Å². The monoisotopic (exact) mass is 313 g/mol. The molecule has 0 spiro atoms. The molecule has 1 heteroatoms. The molecule has 0 fully saturated rings. The Kier molecular flexibility index (Phi) is 3.45. The normalized spacial score (nSPS) is 12.1. The number of benzene rings is 3. The smallest absolute Gasteiger partial charge is 0.0541 e. The zero-order valence-corrected chi connectivity index (χ0v) is 14.6. The van der Waals surface area contributed by atoms with Crippen LogP contribution in [0.15, 0.2) is 72.8 Å². The van der Waals surface area contributed by atoms with Crippen LogP contribution in [0.2, 0.25) is 0 Å². The quantitative estimate of drug-likeness (QED) is 0.405. The van der Waals surface area contributed by atoms with Gasteiger partial charge in [0, 0.05) is 16.5 Å². The first kappa shape index (κ1) is 15.0. The second-order valence-electron chi connectivity index (χ2n) is 7.74. The number of hydrogen-bond acceptors (Lipinski definition) is 0. The molecule has 1 aromatic heterocycles. The highest BCUT2D eigenvalue weighted by atomic mass is 15.0. The van der Waals surface area contributed by atoms with Crippen LogP contribution in [0.5, 0.6) is 0 Å². The molecule has 24 heavy (non-hydrogen) atoms. The third-order valence-electron chi connectivity index (χ3n) is 4.53. The first-order chi connectivity index (χ1) is 11.5. The molecule has 0 radical (unpaired) electrons. The van der Waals surface area contributed by atoms with Crippen LogP contribution in [0, 0.1) is 5.41 Å². The van der Waals surface area contributed by atoms with E-state index < -0.39 is 0 Å². The molecule has 0 saturated heterocycles. The lowest BCUT2D eigenvalue weighted by Gasteiger charge is -2.21. The van der Waals surface area contributed by atoms with E-state index in [0.717, 1.165) is 6.42 Å². The van der Waals surface area contributed by atoms with E-state index in [9.17, 15) is 0 Å². The Morgan fingerprint density at radius 2 is 1.17 bits per heavy atom. The number of nitrogens with zero attached hydrogens (tertiary/aromatic N) is 1. The molecule has 1 heterocycles. The van der Waals surface area contributed by atoms with Gasteiger partial charge in [-0.15, -0.1) is 0 Å². The van der Waals surface area contributed by atoms with E-state index in [1.54, 1.807) is 0 Å². The highest BCUT2D eigenvalue weighted by Crippen LogP contribution is 2.34. The fourth-order valence-electron chi connectivity index (χ4n) is 3.63. The minimum atomic E-state index is 0.259. The Labute approximate surface area is 143 Å². The molecule has 120 valence electrons. The van der Waals surface area contributed by atoms with E-state index in [4.69, 9.17) is 0 Å². The third-order valence-corrected chi connectivity index (χ3v) is 4.53. The molecule has 0 saturated carbocycles. The van der Waals surface area contributed by atoms with Crippen LogP contribution in [-0.4, -0.2) is 4.57 Å². The summed E-state index contributed by atoms with van der Waals surface area (Å²) >= 11 is 0. The van der Waals surface area contributed by atoms with Gasteiger partial charge in [0.05, 0.1) is 11.0 Å². The molecule has 0 N–H and O–H groups in total. The third kappa shape index (κ3) is 2.50. The summed E-state index contributed by atoms with van der Waals surface area (Å²) in [5.74, 6) is 0. The summed E-state index contributed by atoms with van der Waals surface area (Å²) in [6.07, 6.45) is 1.06. The average Bonchev–Trinajstić information content (AvgIpc) is 2.89. The van der Waals surface area contributed by atoms with Gasteiger partial charge in [-0.25, -0.2) is 0 Å². The SMILES string of the molecule is CC(C)(C)Cc1ccccc1-n1c2ccccc2c2ccccc21. The zero-order chi connectivity index (χ0) is 16.7. The lowest BCUT2D eigenvalue weighted by molar-refractivity contribution is 0.411. The predicted molar refractivity (Wildman–Crippen MR) is 104 cm³/mol. The fraction of sp³-hybridized carbons (Fsp3) is 0.217. The van der Waals surface area contributed by atoms with Crippen molar-refractivity contribution in [1.82, 2.24) is 4.57 Å². The van der Waals surface area contributed by atoms with Crippen molar-refractivity contribution in [2.24, 2.45) is 5.41 Å². The average molecular weight is 313 g/mol. The van der Waals surface area contributed by atoms with E-state index in [1.165, 1.54) is 33.1 Å². The van der Waals surface area contributed by atoms with Gasteiger partial charge in [-0.1, -0.05) is 75.4 Å². The van der Waals surface area contributed by atoms with Crippen LogP contribution < -0.4 is 0 Å². The predicted octanol–water partition coefficient (Wildman–Crippen LogP) is 6.37. The number of hydrogen-bond donors (Lipinski definition) is 0. The standard InChI is InChI=1S/C23H23N/c1-23(2,3)16-17-10-4-7-13-20(17)24-21-14-8-5-11-18(21)19-12-6-9-15-22(19)24/h4-15H,16H2,1-3H3. The Hall–Kier alpha value is -2.54. The summed E-state index contributed by atoms with van der Waals surface area (Å²) < 4.78 is 2.42. The van der Waals surface area contributed by atoms with Crippen molar-refractivity contribution in [2.75, 3.05) is 0 Å². The van der Waals surface area contributed by atoms with E-state index >= 15 is 0 Å². The summed E-state index contributed by atoms with van der Waals surface area (Å²) in [7, 11) is 0. The Balaban J connectivity index is 2.07. The van der Waals surface area contributed by atoms with Crippen LogP contribution in [-0.2, 0) is 6.42 Å². The van der Waals surface area contributed by atoms with E-state index in [-0.39, 0.29) is 5.41 Å². The largest absolute Gasteiger partial charge is 0.309 e. The van der Waals surface area contributed by atoms with Crippen molar-refractivity contribution in [3.05, 3.63) is 78.4 Å². The van der Waals surface area contributed by atoms with Crippen LogP contribution >= 0.6 is 0 Å². The van der Waals surface area contributed by atoms with Crippen molar-refractivity contribution in [3.8, 4) is 5.69 Å². The lowest BCUT2D eigenvalue weighted by atomic mass is 9.87. The zero-order valence-electron chi connectivity index (χ0n) is 14.6. The van der Waals surface area contributed by atoms with E-state index in [0.29, 0.717) is 0 Å². The highest BCUT2D eigenvalue weighted by molar-refractivity contribution is 6.09. The lowest BCUT2D eigenvalue weighted by Crippen LogP contribution is -2.11. The van der Waals surface area contributed by atoms with Crippen molar-refractivity contribution >= 4 is 21.8 Å². The summed E-state index contributed by atoms with van der Waals surface area (Å²) in [6.45, 7) is 6.90. The molecule has 0 unspecified atom stereocenters. The fourth-order valence-corrected chi connectivity index (χ4v) is 3.63. The van der Waals surface area contributed by atoms with Gasteiger partial charge in [-0.2, -0.15) is 0 Å². The van der Waals surface area contributed by atoms with Gasteiger partial charge >= 0.3 is 0 Å². The number of para-hydroxylation sites is 3. The van der Waals surface area contributed by atoms with Crippen molar-refractivity contribution in [2.45, 2.75) is 27.2 Å². The summed E-state index contributed by atoms with van der Waals surface area (Å²) in [5.41, 5.74) is 5.51. The Morgan fingerprint density at radius 3 is 1.75 bits per heavy atom. The minimum Gasteiger partial charge on any atom is -0.309 e. The van der Waals surface area contributed by atoms with Crippen LogP contribution in [0.3, 0.4) is 0 Å². The molecule has 0 aliphatic heterocycles. The summed E-state index contributed by atoms with van der Waals surface area (Å²) in [5, 5.41) is 2.64. The first-order valence-corrected chi connectivity index (χ1v) is 8.61. The van der Waals surface area contributed by atoms with Gasteiger partial charge in [-0.05, 0) is 35.6 Å². The maximum absolute atomic E-state index is 2.42. The molecule has 0 aliphatic rings. The number of fused-ring (bicyclic) bond motifs is 3. The molecule has 1 nitrogen and oxygen atoms in total. The molecule has 0 bridgehead atoms. The highest BCUT2D eigenvalue weighted by Gasteiger charge is 2.17. The maximum atomic E-state index is 2.42. The Morgan fingerprint density at radius 1 is 0.667 bits per heavy atom. The van der Waals surface area contributed by atoms with E-state index in [1.807, 2.05) is 0 Å². The Bertz CT molecular complexity index is 962. The minimum absolute atomic E-state index is 0.259. The van der Waals surface area contributed by atoms with Gasteiger partial charge < -0.3 is 4.57 Å². The van der Waals surface area contributed by atoms with Gasteiger partial charge in [0.2, 0.25) is 0 Å². The maximum Gasteiger partial charge on any atom is 0.0541 e. The molecule has 0 atom stereocenters. The molecule has 0 amide bonds. The summed E-state index contributed by atoms with van der Waals surface area (Å²) in [6, 6.07) is 26.2. The molecule has 3 aromatic carbocycles. The van der Waals surface area contributed by atoms with Gasteiger partial charge in [0.1, 0.15) is 0 Å². The van der Waals surface area contributed by atoms with Crippen molar-refractivity contribution in [3.63, 3.8) is 0 Å². The molecule has 4 aromatic rings. The second-order valence-corrected chi connectivity index (χ2v) is 7.74. The number of aromatic nitrogens is 1. The summed E-state index contributed by atoms with van der Waals surface area (Å²) in [4.78, 5) is 0. The van der Waals surface area contributed by atoms with Crippen LogP contribution in [0.25, 0.3) is 27.5 Å². The van der Waals surface area contributed by atoms with Gasteiger partial charge in [0.25, 0.3) is 0 Å². The molecular formula is C23H23N. The van der Waals surface area contributed by atoms with Crippen molar-refractivity contribution < 1.29 is 0 Å². The van der Waals surface area contributed by atoms with E-state index in [2.05, 4.69) is 98.1 Å². The topological polar surface area (TPSA) is 4.93 Å². The second kappa shape index (κ2) is 5.52. The molecule has 0 aliphatic carbocycles. The first-order valence-electron chi connectivity index (χ1n) is 8.61. The van der Waals surface area contributed by atoms with Gasteiger partial charge in [0.15, 0.2) is 0 Å². The number of rotatable bonds is 2.